The summed E-state index contributed by atoms with van der Waals surface area (Å²) >= 11 is 11.9. The van der Waals surface area contributed by atoms with Gasteiger partial charge in [0, 0.05) is 18.8 Å². The molecule has 2 heterocycles. The molecule has 3 aromatic rings. The number of carbonyl (C=O) groups excluding carboxylic acids is 1. The van der Waals surface area contributed by atoms with Crippen molar-refractivity contribution in [2.45, 2.75) is 13.5 Å². The van der Waals surface area contributed by atoms with E-state index in [1.54, 1.807) is 48.9 Å². The minimum absolute atomic E-state index is 0.212. The Bertz CT molecular complexity index is 922. The predicted octanol–water partition coefficient (Wildman–Crippen LogP) is 3.89. The van der Waals surface area contributed by atoms with Crippen molar-refractivity contribution in [3.05, 3.63) is 63.5 Å². The Morgan fingerprint density at radius 1 is 1.25 bits per heavy atom. The third kappa shape index (κ3) is 3.18. The summed E-state index contributed by atoms with van der Waals surface area (Å²) in [5, 5.41) is 3.82. The second-order valence-electron chi connectivity index (χ2n) is 5.27. The number of amides is 1. The molecule has 0 aliphatic heterocycles. The lowest BCUT2D eigenvalue weighted by atomic mass is 10.2. The number of carbonyl (C=O) groups is 1. The number of aryl methyl sites for hydroxylation is 1. The molecule has 0 saturated heterocycles. The number of nitrogens with zero attached hydrogens (tertiary/aromatic N) is 2. The van der Waals surface area contributed by atoms with Crippen molar-refractivity contribution >= 4 is 34.8 Å². The molecule has 0 radical (unpaired) electrons. The highest BCUT2D eigenvalue weighted by atomic mass is 35.5. The van der Waals surface area contributed by atoms with Crippen LogP contribution in [-0.2, 0) is 6.54 Å². The van der Waals surface area contributed by atoms with Crippen LogP contribution in [0.2, 0.25) is 10.0 Å². The van der Waals surface area contributed by atoms with Crippen LogP contribution in [0, 0.1) is 6.92 Å². The molecule has 124 valence electrons. The van der Waals surface area contributed by atoms with Crippen molar-refractivity contribution in [1.82, 2.24) is 14.7 Å². The number of hydrogen-bond acceptors (Lipinski definition) is 3. The maximum absolute atomic E-state index is 12.6. The van der Waals surface area contributed by atoms with Gasteiger partial charge in [0.15, 0.2) is 0 Å². The van der Waals surface area contributed by atoms with Crippen molar-refractivity contribution in [1.29, 1.82) is 0 Å². The average molecular weight is 364 g/mol. The molecule has 1 amide bonds. The zero-order chi connectivity index (χ0) is 17.3. The quantitative estimate of drug-likeness (QED) is 0.764. The van der Waals surface area contributed by atoms with Gasteiger partial charge in [-0.3, -0.25) is 9.20 Å². The summed E-state index contributed by atoms with van der Waals surface area (Å²) in [5.74, 6) is 0.478. The minimum atomic E-state index is -0.212. The van der Waals surface area contributed by atoms with E-state index in [9.17, 15) is 4.79 Å². The van der Waals surface area contributed by atoms with Crippen LogP contribution in [0.1, 0.15) is 21.7 Å². The van der Waals surface area contributed by atoms with E-state index in [-0.39, 0.29) is 5.91 Å². The SMILES string of the molecule is COc1ccn2c(C(=O)NCc3ccc(Cl)c(Cl)c3)c(C)nc2c1. The van der Waals surface area contributed by atoms with Crippen molar-refractivity contribution < 1.29 is 9.53 Å². The van der Waals surface area contributed by atoms with Crippen LogP contribution in [0.15, 0.2) is 36.5 Å². The molecule has 2 aromatic heterocycles. The molecule has 0 fully saturated rings. The first-order valence-corrected chi connectivity index (χ1v) is 8.00. The van der Waals surface area contributed by atoms with Crippen molar-refractivity contribution in [2.75, 3.05) is 7.11 Å². The van der Waals surface area contributed by atoms with Gasteiger partial charge in [-0.05, 0) is 30.7 Å². The largest absolute Gasteiger partial charge is 0.497 e. The molecule has 1 aromatic carbocycles. The Balaban J connectivity index is 1.83. The number of fused-ring (bicyclic) bond motifs is 1. The molecular weight excluding hydrogens is 349 g/mol. The van der Waals surface area contributed by atoms with Crippen LogP contribution in [0.4, 0.5) is 0 Å². The molecule has 7 heteroatoms. The number of methoxy groups -OCH3 is 1. The summed E-state index contributed by atoms with van der Waals surface area (Å²) in [7, 11) is 1.59. The number of benzene rings is 1. The number of halogens is 2. The normalized spacial score (nSPS) is 10.8. The fourth-order valence-corrected chi connectivity index (χ4v) is 2.78. The van der Waals surface area contributed by atoms with E-state index in [1.165, 1.54) is 0 Å². The molecule has 0 aliphatic rings. The lowest BCUT2D eigenvalue weighted by Gasteiger charge is -2.07. The summed E-state index contributed by atoms with van der Waals surface area (Å²) in [6.45, 7) is 2.14. The second kappa shape index (κ2) is 6.71. The zero-order valence-corrected chi connectivity index (χ0v) is 14.6. The standard InChI is InChI=1S/C17H15Cl2N3O2/c1-10-16(22-6-5-12(24-2)8-15(22)21-10)17(23)20-9-11-3-4-13(18)14(19)7-11/h3-8H,9H2,1-2H3,(H,20,23). The van der Waals surface area contributed by atoms with Gasteiger partial charge < -0.3 is 10.1 Å². The van der Waals surface area contributed by atoms with Crippen molar-refractivity contribution in [2.24, 2.45) is 0 Å². The van der Waals surface area contributed by atoms with E-state index >= 15 is 0 Å². The zero-order valence-electron chi connectivity index (χ0n) is 13.1. The highest BCUT2D eigenvalue weighted by molar-refractivity contribution is 6.42. The number of rotatable bonds is 4. The van der Waals surface area contributed by atoms with E-state index in [1.807, 2.05) is 6.07 Å². The number of pyridine rings is 1. The Morgan fingerprint density at radius 3 is 2.75 bits per heavy atom. The van der Waals surface area contributed by atoms with Gasteiger partial charge in [-0.25, -0.2) is 4.98 Å². The lowest BCUT2D eigenvalue weighted by Crippen LogP contribution is -2.25. The van der Waals surface area contributed by atoms with E-state index < -0.39 is 0 Å². The summed E-state index contributed by atoms with van der Waals surface area (Å²) in [4.78, 5) is 17.0. The number of nitrogens with one attached hydrogen (secondary N) is 1. The molecule has 0 bridgehead atoms. The predicted molar refractivity (Wildman–Crippen MR) is 94.1 cm³/mol. The van der Waals surface area contributed by atoms with Crippen LogP contribution >= 0.6 is 23.2 Å². The summed E-state index contributed by atoms with van der Waals surface area (Å²) < 4.78 is 6.92. The number of ether oxygens (including phenoxy) is 1. The first kappa shape index (κ1) is 16.6. The number of imidazole rings is 1. The van der Waals surface area contributed by atoms with Gasteiger partial charge in [-0.15, -0.1) is 0 Å². The number of hydrogen-bond donors (Lipinski definition) is 1. The van der Waals surface area contributed by atoms with E-state index in [0.717, 1.165) is 5.56 Å². The van der Waals surface area contributed by atoms with Crippen LogP contribution < -0.4 is 10.1 Å². The Kier molecular flexibility index (Phi) is 4.64. The molecule has 1 N–H and O–H groups in total. The summed E-state index contributed by atoms with van der Waals surface area (Å²) in [6.07, 6.45) is 1.77. The fraction of sp³-hybridized carbons (Fsp3) is 0.176. The summed E-state index contributed by atoms with van der Waals surface area (Å²) in [5.41, 5.74) is 2.67. The highest BCUT2D eigenvalue weighted by Crippen LogP contribution is 2.22. The molecule has 0 saturated carbocycles. The van der Waals surface area contributed by atoms with Crippen LogP contribution in [0.3, 0.4) is 0 Å². The topological polar surface area (TPSA) is 55.6 Å². The van der Waals surface area contributed by atoms with Gasteiger partial charge in [-0.1, -0.05) is 29.3 Å². The molecule has 0 spiro atoms. The third-order valence-electron chi connectivity index (χ3n) is 3.66. The Morgan fingerprint density at radius 2 is 2.04 bits per heavy atom. The Labute approximate surface area is 149 Å². The van der Waals surface area contributed by atoms with Gasteiger partial charge in [0.05, 0.1) is 22.8 Å². The van der Waals surface area contributed by atoms with Gasteiger partial charge in [0.2, 0.25) is 0 Å². The van der Waals surface area contributed by atoms with E-state index in [4.69, 9.17) is 27.9 Å². The van der Waals surface area contributed by atoms with Crippen molar-refractivity contribution in [3.63, 3.8) is 0 Å². The first-order chi connectivity index (χ1) is 11.5. The molecular formula is C17H15Cl2N3O2. The first-order valence-electron chi connectivity index (χ1n) is 7.24. The third-order valence-corrected chi connectivity index (χ3v) is 4.40. The van der Waals surface area contributed by atoms with Gasteiger partial charge >= 0.3 is 0 Å². The molecule has 0 aliphatic carbocycles. The highest BCUT2D eigenvalue weighted by Gasteiger charge is 2.16. The smallest absolute Gasteiger partial charge is 0.270 e. The second-order valence-corrected chi connectivity index (χ2v) is 6.09. The van der Waals surface area contributed by atoms with E-state index in [0.29, 0.717) is 39.4 Å². The number of aromatic nitrogens is 2. The fourth-order valence-electron chi connectivity index (χ4n) is 2.46. The average Bonchev–Trinajstić information content (AvgIpc) is 2.90. The Hall–Kier alpha value is -2.24. The summed E-state index contributed by atoms with van der Waals surface area (Å²) in [6, 6.07) is 8.82. The van der Waals surface area contributed by atoms with Gasteiger partial charge in [0.1, 0.15) is 17.1 Å². The molecule has 5 nitrogen and oxygen atoms in total. The lowest BCUT2D eigenvalue weighted by molar-refractivity contribution is 0.0944. The molecule has 3 rings (SSSR count). The minimum Gasteiger partial charge on any atom is -0.497 e. The molecule has 0 atom stereocenters. The van der Waals surface area contributed by atoms with Gasteiger partial charge in [0.25, 0.3) is 5.91 Å². The van der Waals surface area contributed by atoms with Crippen LogP contribution in [0.25, 0.3) is 5.65 Å². The van der Waals surface area contributed by atoms with Crippen LogP contribution in [0.5, 0.6) is 5.75 Å². The van der Waals surface area contributed by atoms with E-state index in [2.05, 4.69) is 10.3 Å². The molecule has 0 unspecified atom stereocenters. The monoisotopic (exact) mass is 363 g/mol. The maximum Gasteiger partial charge on any atom is 0.270 e. The van der Waals surface area contributed by atoms with Gasteiger partial charge in [-0.2, -0.15) is 0 Å². The molecule has 24 heavy (non-hydrogen) atoms. The van der Waals surface area contributed by atoms with Crippen molar-refractivity contribution in [3.8, 4) is 5.75 Å². The van der Waals surface area contributed by atoms with Crippen LogP contribution in [-0.4, -0.2) is 22.4 Å². The maximum atomic E-state index is 12.6.